The average molecular weight is 374 g/mol. The number of hydrogen-bond donors (Lipinski definition) is 1. The number of nitrogens with one attached hydrogen (secondary N) is 1. The minimum Gasteiger partial charge on any atom is -0.483 e. The Morgan fingerprint density at radius 1 is 1.41 bits per heavy atom. The van der Waals surface area contributed by atoms with Crippen molar-refractivity contribution in [3.8, 4) is 5.75 Å². The van der Waals surface area contributed by atoms with Gasteiger partial charge in [0.2, 0.25) is 11.3 Å². The van der Waals surface area contributed by atoms with Crippen LogP contribution in [0, 0.1) is 12.7 Å². The molecule has 6 nitrogen and oxygen atoms in total. The molecule has 3 rings (SSSR count). The molecule has 0 unspecified atom stereocenters. The van der Waals surface area contributed by atoms with E-state index in [4.69, 9.17) is 9.47 Å². The van der Waals surface area contributed by atoms with E-state index >= 15 is 0 Å². The van der Waals surface area contributed by atoms with Gasteiger partial charge in [0.05, 0.1) is 12.3 Å². The van der Waals surface area contributed by atoms with Gasteiger partial charge in [-0.3, -0.25) is 9.59 Å². The Morgan fingerprint density at radius 3 is 2.96 bits per heavy atom. The van der Waals surface area contributed by atoms with Crippen molar-refractivity contribution >= 4 is 5.91 Å². The summed E-state index contributed by atoms with van der Waals surface area (Å²) in [5, 5.41) is 2.85. The standard InChI is InChI=1S/C20H23FN2O4/c1-14-9-18(24)19(27-13-15-5-2-3-7-17(15)21)11-23(14)12-20(25)22-10-16-6-4-8-26-16/h2-3,5,7,9,11,16H,4,6,8,10,12-13H2,1H3,(H,22,25)/t16-/m1/s1. The van der Waals surface area contributed by atoms with E-state index in [1.807, 2.05) is 0 Å². The molecule has 27 heavy (non-hydrogen) atoms. The normalized spacial score (nSPS) is 16.3. The molecule has 1 fully saturated rings. The van der Waals surface area contributed by atoms with Crippen molar-refractivity contribution in [2.45, 2.75) is 39.0 Å². The molecule has 2 heterocycles. The Bertz CT molecular complexity index is 859. The zero-order valence-corrected chi connectivity index (χ0v) is 15.2. The molecule has 7 heteroatoms. The number of ether oxygens (including phenoxy) is 2. The number of rotatable bonds is 7. The molecule has 1 amide bonds. The van der Waals surface area contributed by atoms with Crippen molar-refractivity contribution in [1.29, 1.82) is 0 Å². The zero-order valence-electron chi connectivity index (χ0n) is 15.2. The van der Waals surface area contributed by atoms with Gasteiger partial charge in [0, 0.05) is 30.5 Å². The third-order valence-corrected chi connectivity index (χ3v) is 4.51. The van der Waals surface area contributed by atoms with Crippen molar-refractivity contribution in [3.05, 3.63) is 63.8 Å². The predicted molar refractivity (Wildman–Crippen MR) is 98.2 cm³/mol. The summed E-state index contributed by atoms with van der Waals surface area (Å²) in [7, 11) is 0. The first-order valence-corrected chi connectivity index (χ1v) is 8.98. The lowest BCUT2D eigenvalue weighted by Gasteiger charge is -2.15. The summed E-state index contributed by atoms with van der Waals surface area (Å²) < 4.78 is 26.3. The van der Waals surface area contributed by atoms with Crippen LogP contribution in [0.3, 0.4) is 0 Å². The van der Waals surface area contributed by atoms with Gasteiger partial charge < -0.3 is 19.4 Å². The maximum absolute atomic E-state index is 13.7. The lowest BCUT2D eigenvalue weighted by molar-refractivity contribution is -0.122. The van der Waals surface area contributed by atoms with Gasteiger partial charge in [0.15, 0.2) is 5.75 Å². The lowest BCUT2D eigenvalue weighted by Crippen LogP contribution is -2.34. The van der Waals surface area contributed by atoms with Crippen molar-refractivity contribution in [2.24, 2.45) is 0 Å². The van der Waals surface area contributed by atoms with Gasteiger partial charge in [-0.15, -0.1) is 0 Å². The number of hydrogen-bond acceptors (Lipinski definition) is 4. The van der Waals surface area contributed by atoms with Gasteiger partial charge in [0.25, 0.3) is 0 Å². The Balaban J connectivity index is 1.63. The topological polar surface area (TPSA) is 69.6 Å². The van der Waals surface area contributed by atoms with Crippen LogP contribution in [0.5, 0.6) is 5.75 Å². The number of aromatic nitrogens is 1. The van der Waals surface area contributed by atoms with E-state index in [-0.39, 0.29) is 36.3 Å². The van der Waals surface area contributed by atoms with Crippen LogP contribution in [0.25, 0.3) is 0 Å². The number of carbonyl (C=O) groups excluding carboxylic acids is 1. The molecule has 2 aromatic rings. The van der Waals surface area contributed by atoms with Gasteiger partial charge in [-0.2, -0.15) is 0 Å². The first-order valence-electron chi connectivity index (χ1n) is 8.98. The van der Waals surface area contributed by atoms with Crippen LogP contribution in [0.2, 0.25) is 0 Å². The first-order chi connectivity index (χ1) is 13.0. The van der Waals surface area contributed by atoms with Crippen LogP contribution in [0.1, 0.15) is 24.1 Å². The van der Waals surface area contributed by atoms with Gasteiger partial charge in [0.1, 0.15) is 19.0 Å². The van der Waals surface area contributed by atoms with Gasteiger partial charge in [-0.25, -0.2) is 4.39 Å². The lowest BCUT2D eigenvalue weighted by atomic mass is 10.2. The largest absolute Gasteiger partial charge is 0.483 e. The number of halogens is 1. The molecule has 0 radical (unpaired) electrons. The highest BCUT2D eigenvalue weighted by Crippen LogP contribution is 2.13. The summed E-state index contributed by atoms with van der Waals surface area (Å²) in [6.07, 6.45) is 3.53. The van der Waals surface area contributed by atoms with Crippen LogP contribution < -0.4 is 15.5 Å². The SMILES string of the molecule is Cc1cc(=O)c(OCc2ccccc2F)cn1CC(=O)NC[C@H]1CCCO1. The molecule has 0 spiro atoms. The maximum atomic E-state index is 13.7. The Kier molecular flexibility index (Phi) is 6.24. The van der Waals surface area contributed by atoms with Gasteiger partial charge in [-0.05, 0) is 25.8 Å². The quantitative estimate of drug-likeness (QED) is 0.806. The number of amides is 1. The number of pyridine rings is 1. The van der Waals surface area contributed by atoms with Crippen molar-refractivity contribution in [3.63, 3.8) is 0 Å². The fourth-order valence-corrected chi connectivity index (χ4v) is 2.94. The van der Waals surface area contributed by atoms with E-state index in [2.05, 4.69) is 5.32 Å². The van der Waals surface area contributed by atoms with Crippen LogP contribution >= 0.6 is 0 Å². The van der Waals surface area contributed by atoms with Crippen LogP contribution in [-0.2, 0) is 22.7 Å². The molecule has 144 valence electrons. The van der Waals surface area contributed by atoms with E-state index in [1.165, 1.54) is 18.3 Å². The molecule has 0 bridgehead atoms. The molecule has 1 atom stereocenters. The van der Waals surface area contributed by atoms with Crippen molar-refractivity contribution < 1.29 is 18.7 Å². The van der Waals surface area contributed by atoms with E-state index in [0.717, 1.165) is 19.4 Å². The second kappa shape index (κ2) is 8.81. The number of nitrogens with zero attached hydrogens (tertiary/aromatic N) is 1. The summed E-state index contributed by atoms with van der Waals surface area (Å²) in [5.41, 5.74) is 0.698. The Hall–Kier alpha value is -2.67. The second-order valence-corrected chi connectivity index (χ2v) is 6.59. The van der Waals surface area contributed by atoms with E-state index in [1.54, 1.807) is 29.7 Å². The third kappa shape index (κ3) is 5.17. The zero-order chi connectivity index (χ0) is 19.2. The van der Waals surface area contributed by atoms with Crippen LogP contribution in [-0.4, -0.2) is 29.7 Å². The van der Waals surface area contributed by atoms with Crippen LogP contribution in [0.15, 0.2) is 41.3 Å². The summed E-state index contributed by atoms with van der Waals surface area (Å²) in [6, 6.07) is 7.63. The van der Waals surface area contributed by atoms with Crippen LogP contribution in [0.4, 0.5) is 4.39 Å². The van der Waals surface area contributed by atoms with E-state index in [9.17, 15) is 14.0 Å². The molecule has 1 aromatic carbocycles. The highest BCUT2D eigenvalue weighted by molar-refractivity contribution is 5.75. The van der Waals surface area contributed by atoms with Gasteiger partial charge >= 0.3 is 0 Å². The van der Waals surface area contributed by atoms with Crippen molar-refractivity contribution in [2.75, 3.05) is 13.2 Å². The molecule has 1 saturated heterocycles. The monoisotopic (exact) mass is 374 g/mol. The van der Waals surface area contributed by atoms with Gasteiger partial charge in [-0.1, -0.05) is 18.2 Å². The molecular weight excluding hydrogens is 351 g/mol. The minimum absolute atomic E-state index is 0.0593. The fourth-order valence-electron chi connectivity index (χ4n) is 2.94. The minimum atomic E-state index is -0.390. The molecular formula is C20H23FN2O4. The fraction of sp³-hybridized carbons (Fsp3) is 0.400. The number of aryl methyl sites for hydroxylation is 1. The van der Waals surface area contributed by atoms with E-state index in [0.29, 0.717) is 17.8 Å². The smallest absolute Gasteiger partial charge is 0.240 e. The molecule has 1 aliphatic rings. The third-order valence-electron chi connectivity index (χ3n) is 4.51. The second-order valence-electron chi connectivity index (χ2n) is 6.59. The highest BCUT2D eigenvalue weighted by atomic mass is 19.1. The predicted octanol–water partition coefficient (Wildman–Crippen LogP) is 2.17. The summed E-state index contributed by atoms with van der Waals surface area (Å²) in [6.45, 7) is 2.97. The van der Waals surface area contributed by atoms with E-state index < -0.39 is 5.82 Å². The summed E-state index contributed by atoms with van der Waals surface area (Å²) in [5.74, 6) is -0.480. The highest BCUT2D eigenvalue weighted by Gasteiger charge is 2.16. The molecule has 0 saturated carbocycles. The average Bonchev–Trinajstić information content (AvgIpc) is 3.16. The molecule has 1 N–H and O–H groups in total. The first kappa shape index (κ1) is 19.1. The number of carbonyl (C=O) groups is 1. The summed E-state index contributed by atoms with van der Waals surface area (Å²) in [4.78, 5) is 24.3. The Morgan fingerprint density at radius 2 is 2.22 bits per heavy atom. The molecule has 0 aliphatic carbocycles. The number of benzene rings is 1. The summed E-state index contributed by atoms with van der Waals surface area (Å²) >= 11 is 0. The Labute approximate surface area is 156 Å². The maximum Gasteiger partial charge on any atom is 0.240 e. The van der Waals surface area contributed by atoms with Crippen molar-refractivity contribution in [1.82, 2.24) is 9.88 Å². The molecule has 1 aromatic heterocycles. The molecule has 1 aliphatic heterocycles.